The molecule has 0 fully saturated rings. The summed E-state index contributed by atoms with van der Waals surface area (Å²) in [5.74, 6) is -1.40. The van der Waals surface area contributed by atoms with Gasteiger partial charge in [0.25, 0.3) is 5.56 Å². The van der Waals surface area contributed by atoms with Crippen LogP contribution in [0.3, 0.4) is 0 Å². The summed E-state index contributed by atoms with van der Waals surface area (Å²) in [5, 5.41) is 11.8. The molecule has 0 aliphatic heterocycles. The van der Waals surface area contributed by atoms with Crippen LogP contribution >= 0.6 is 0 Å². The van der Waals surface area contributed by atoms with E-state index in [4.69, 9.17) is 0 Å². The van der Waals surface area contributed by atoms with Crippen molar-refractivity contribution in [1.82, 2.24) is 4.57 Å². The van der Waals surface area contributed by atoms with E-state index in [1.165, 1.54) is 4.57 Å². The minimum atomic E-state index is -1.12. The molecule has 0 unspecified atom stereocenters. The van der Waals surface area contributed by atoms with Gasteiger partial charge in [-0.05, 0) is 29.7 Å². The van der Waals surface area contributed by atoms with Crippen LogP contribution in [-0.4, -0.2) is 21.6 Å². The second kappa shape index (κ2) is 9.50. The monoisotopic (exact) mass is 390 g/mol. The van der Waals surface area contributed by atoms with E-state index in [1.54, 1.807) is 12.1 Å². The SMILES string of the molecule is O=C(O)Cn1c(Cc2ccccc2)ccc(NC(=O)CCc2ccccc2)c1=O. The van der Waals surface area contributed by atoms with Gasteiger partial charge in [-0.25, -0.2) is 0 Å². The van der Waals surface area contributed by atoms with Crippen LogP contribution in [0.5, 0.6) is 0 Å². The second-order valence-corrected chi connectivity index (χ2v) is 6.72. The number of carbonyl (C=O) groups excluding carboxylic acids is 1. The van der Waals surface area contributed by atoms with Crippen LogP contribution in [0.2, 0.25) is 0 Å². The van der Waals surface area contributed by atoms with E-state index >= 15 is 0 Å². The summed E-state index contributed by atoms with van der Waals surface area (Å²) >= 11 is 0. The number of hydrogen-bond acceptors (Lipinski definition) is 3. The quantitative estimate of drug-likeness (QED) is 0.619. The number of aliphatic carboxylic acids is 1. The molecule has 1 amide bonds. The van der Waals surface area contributed by atoms with Crippen molar-refractivity contribution in [2.24, 2.45) is 0 Å². The molecule has 2 N–H and O–H groups in total. The molecule has 29 heavy (non-hydrogen) atoms. The molecule has 0 bridgehead atoms. The number of carboxylic acids is 1. The largest absolute Gasteiger partial charge is 0.480 e. The van der Waals surface area contributed by atoms with Gasteiger partial charge in [-0.15, -0.1) is 0 Å². The summed E-state index contributed by atoms with van der Waals surface area (Å²) in [6.07, 6.45) is 1.21. The fraction of sp³-hybridized carbons (Fsp3) is 0.174. The molecular weight excluding hydrogens is 368 g/mol. The van der Waals surface area contributed by atoms with Crippen LogP contribution in [-0.2, 0) is 29.0 Å². The molecule has 6 nitrogen and oxygen atoms in total. The molecule has 148 valence electrons. The van der Waals surface area contributed by atoms with Crippen molar-refractivity contribution in [3.63, 3.8) is 0 Å². The summed E-state index contributed by atoms with van der Waals surface area (Å²) in [6, 6.07) is 22.3. The molecule has 3 rings (SSSR count). The summed E-state index contributed by atoms with van der Waals surface area (Å²) in [4.78, 5) is 36.4. The molecule has 1 aromatic heterocycles. The van der Waals surface area contributed by atoms with E-state index in [2.05, 4.69) is 5.32 Å². The van der Waals surface area contributed by atoms with Crippen LogP contribution < -0.4 is 10.9 Å². The fourth-order valence-corrected chi connectivity index (χ4v) is 3.09. The third-order valence-corrected chi connectivity index (χ3v) is 4.54. The molecule has 0 saturated carbocycles. The van der Waals surface area contributed by atoms with Crippen molar-refractivity contribution < 1.29 is 14.7 Å². The summed E-state index contributed by atoms with van der Waals surface area (Å²) in [7, 11) is 0. The van der Waals surface area contributed by atoms with Gasteiger partial charge in [0.1, 0.15) is 12.2 Å². The van der Waals surface area contributed by atoms with Gasteiger partial charge in [-0.1, -0.05) is 60.7 Å². The first-order valence-corrected chi connectivity index (χ1v) is 9.35. The first kappa shape index (κ1) is 20.1. The van der Waals surface area contributed by atoms with E-state index in [9.17, 15) is 19.5 Å². The summed E-state index contributed by atoms with van der Waals surface area (Å²) in [6.45, 7) is -0.464. The predicted octanol–water partition coefficient (Wildman–Crippen LogP) is 3.10. The number of carbonyl (C=O) groups is 2. The van der Waals surface area contributed by atoms with E-state index in [-0.39, 0.29) is 18.0 Å². The Hall–Kier alpha value is -3.67. The van der Waals surface area contributed by atoms with Gasteiger partial charge in [-0.3, -0.25) is 19.0 Å². The van der Waals surface area contributed by atoms with Gasteiger partial charge >= 0.3 is 5.97 Å². The Morgan fingerprint density at radius 1 is 0.862 bits per heavy atom. The number of pyridine rings is 1. The number of nitrogens with one attached hydrogen (secondary N) is 1. The Bertz CT molecular complexity index is 1040. The topological polar surface area (TPSA) is 88.4 Å². The van der Waals surface area contributed by atoms with Crippen molar-refractivity contribution in [3.8, 4) is 0 Å². The predicted molar refractivity (Wildman–Crippen MR) is 111 cm³/mol. The van der Waals surface area contributed by atoms with E-state index in [0.717, 1.165) is 11.1 Å². The molecule has 0 spiro atoms. The van der Waals surface area contributed by atoms with Gasteiger partial charge in [0.15, 0.2) is 0 Å². The lowest BCUT2D eigenvalue weighted by atomic mass is 10.1. The van der Waals surface area contributed by atoms with Crippen LogP contribution in [0, 0.1) is 0 Å². The first-order valence-electron chi connectivity index (χ1n) is 9.35. The third-order valence-electron chi connectivity index (χ3n) is 4.54. The van der Waals surface area contributed by atoms with Crippen LogP contribution in [0.4, 0.5) is 5.69 Å². The van der Waals surface area contributed by atoms with E-state index in [0.29, 0.717) is 18.5 Å². The third kappa shape index (κ3) is 5.65. The zero-order valence-electron chi connectivity index (χ0n) is 15.9. The number of amides is 1. The Morgan fingerprint density at radius 3 is 2.10 bits per heavy atom. The lowest BCUT2D eigenvalue weighted by molar-refractivity contribution is -0.137. The first-order chi connectivity index (χ1) is 14.0. The standard InChI is InChI=1S/C23H22N2O4/c26-21(14-11-17-7-3-1-4-8-17)24-20-13-12-19(15-18-9-5-2-6-10-18)25(23(20)29)16-22(27)28/h1-10,12-13H,11,14-16H2,(H,24,26)(H,27,28). The minimum Gasteiger partial charge on any atom is -0.480 e. The number of carboxylic acid groups (broad SMARTS) is 1. The van der Waals surface area contributed by atoms with Crippen molar-refractivity contribution in [1.29, 1.82) is 0 Å². The van der Waals surface area contributed by atoms with Gasteiger partial charge in [0, 0.05) is 18.5 Å². The average Bonchev–Trinajstić information content (AvgIpc) is 2.72. The smallest absolute Gasteiger partial charge is 0.323 e. The van der Waals surface area contributed by atoms with Crippen molar-refractivity contribution in [3.05, 3.63) is 100.0 Å². The van der Waals surface area contributed by atoms with Crippen LogP contribution in [0.25, 0.3) is 0 Å². The van der Waals surface area contributed by atoms with Gasteiger partial charge in [0.2, 0.25) is 5.91 Å². The van der Waals surface area contributed by atoms with E-state index in [1.807, 2.05) is 60.7 Å². The molecule has 2 aromatic carbocycles. The maximum Gasteiger partial charge on any atom is 0.323 e. The van der Waals surface area contributed by atoms with Crippen LogP contribution in [0.1, 0.15) is 23.2 Å². The number of nitrogens with zero attached hydrogens (tertiary/aromatic N) is 1. The number of hydrogen-bond donors (Lipinski definition) is 2. The molecule has 0 aliphatic carbocycles. The van der Waals surface area contributed by atoms with Crippen molar-refractivity contribution in [2.45, 2.75) is 25.8 Å². The normalized spacial score (nSPS) is 10.5. The molecule has 0 radical (unpaired) electrons. The zero-order chi connectivity index (χ0) is 20.6. The number of rotatable bonds is 8. The van der Waals surface area contributed by atoms with Gasteiger partial charge < -0.3 is 10.4 Å². The molecular formula is C23H22N2O4. The maximum absolute atomic E-state index is 12.8. The highest BCUT2D eigenvalue weighted by atomic mass is 16.4. The number of aryl methyl sites for hydroxylation is 1. The van der Waals surface area contributed by atoms with Gasteiger partial charge in [0.05, 0.1) is 0 Å². The molecule has 0 atom stereocenters. The summed E-state index contributed by atoms with van der Waals surface area (Å²) < 4.78 is 1.20. The minimum absolute atomic E-state index is 0.0844. The molecule has 0 aliphatic rings. The van der Waals surface area contributed by atoms with Crippen molar-refractivity contribution in [2.75, 3.05) is 5.32 Å². The molecule has 6 heteroatoms. The Kier molecular flexibility index (Phi) is 6.58. The molecule has 0 saturated heterocycles. The van der Waals surface area contributed by atoms with Crippen LogP contribution in [0.15, 0.2) is 77.6 Å². The highest BCUT2D eigenvalue weighted by Gasteiger charge is 2.14. The molecule has 3 aromatic rings. The highest BCUT2D eigenvalue weighted by Crippen LogP contribution is 2.12. The van der Waals surface area contributed by atoms with Crippen molar-refractivity contribution >= 4 is 17.6 Å². The Balaban J connectivity index is 1.77. The number of anilines is 1. The molecule has 1 heterocycles. The average molecular weight is 390 g/mol. The zero-order valence-corrected chi connectivity index (χ0v) is 15.9. The lowest BCUT2D eigenvalue weighted by Crippen LogP contribution is -2.30. The second-order valence-electron chi connectivity index (χ2n) is 6.72. The van der Waals surface area contributed by atoms with E-state index < -0.39 is 18.1 Å². The highest BCUT2D eigenvalue weighted by molar-refractivity contribution is 5.90. The maximum atomic E-state index is 12.8. The number of benzene rings is 2. The Labute approximate surface area is 168 Å². The Morgan fingerprint density at radius 2 is 1.48 bits per heavy atom. The number of aromatic nitrogens is 1. The lowest BCUT2D eigenvalue weighted by Gasteiger charge is -2.14. The van der Waals surface area contributed by atoms with Gasteiger partial charge in [-0.2, -0.15) is 0 Å². The fourth-order valence-electron chi connectivity index (χ4n) is 3.09. The summed E-state index contributed by atoms with van der Waals surface area (Å²) in [5.41, 5.74) is 2.13.